The SMILES string of the molecule is COc1cc(/C=C\c2ccc(NS(=O)(=O)c3cccc(C(F)(F)F)c3)cc2)cc(OC)c1OC. The summed E-state index contributed by atoms with van der Waals surface area (Å²) in [5.41, 5.74) is 0.713. The fourth-order valence-electron chi connectivity index (χ4n) is 3.11. The summed E-state index contributed by atoms with van der Waals surface area (Å²) in [6, 6.07) is 13.5. The average Bonchev–Trinajstić information content (AvgIpc) is 2.82. The number of rotatable bonds is 8. The van der Waals surface area contributed by atoms with E-state index in [1.165, 1.54) is 33.5 Å². The Balaban J connectivity index is 1.78. The van der Waals surface area contributed by atoms with E-state index < -0.39 is 26.7 Å². The van der Waals surface area contributed by atoms with Gasteiger partial charge in [-0.25, -0.2) is 8.42 Å². The summed E-state index contributed by atoms with van der Waals surface area (Å²) in [6.45, 7) is 0. The summed E-state index contributed by atoms with van der Waals surface area (Å²) in [5.74, 6) is 1.47. The largest absolute Gasteiger partial charge is 0.493 e. The van der Waals surface area contributed by atoms with Gasteiger partial charge >= 0.3 is 6.18 Å². The summed E-state index contributed by atoms with van der Waals surface area (Å²) in [4.78, 5) is -0.478. The molecule has 3 rings (SSSR count). The molecule has 0 saturated carbocycles. The Bertz CT molecular complexity index is 1260. The second-order valence-electron chi connectivity index (χ2n) is 7.05. The molecule has 0 heterocycles. The molecule has 3 aromatic rings. The molecule has 0 aliphatic heterocycles. The molecule has 0 atom stereocenters. The van der Waals surface area contributed by atoms with Gasteiger partial charge in [0.1, 0.15) is 0 Å². The fourth-order valence-corrected chi connectivity index (χ4v) is 4.21. The first-order chi connectivity index (χ1) is 16.1. The third-order valence-corrected chi connectivity index (χ3v) is 6.17. The van der Waals surface area contributed by atoms with Gasteiger partial charge in [0.15, 0.2) is 11.5 Å². The zero-order chi connectivity index (χ0) is 24.9. The number of hydrogen-bond acceptors (Lipinski definition) is 5. The van der Waals surface area contributed by atoms with E-state index in [0.717, 1.165) is 29.3 Å². The molecule has 0 radical (unpaired) electrons. The lowest BCUT2D eigenvalue weighted by Gasteiger charge is -2.13. The highest BCUT2D eigenvalue weighted by Gasteiger charge is 2.31. The molecule has 180 valence electrons. The first-order valence-electron chi connectivity index (χ1n) is 9.85. The minimum Gasteiger partial charge on any atom is -0.493 e. The molecule has 0 aliphatic rings. The molecule has 0 aliphatic carbocycles. The minimum atomic E-state index is -4.64. The van der Waals surface area contributed by atoms with Crippen LogP contribution in [0.15, 0.2) is 65.6 Å². The first-order valence-corrected chi connectivity index (χ1v) is 11.3. The highest BCUT2D eigenvalue weighted by Crippen LogP contribution is 2.38. The Labute approximate surface area is 195 Å². The number of sulfonamides is 1. The number of alkyl halides is 3. The molecule has 0 bridgehead atoms. The highest BCUT2D eigenvalue weighted by molar-refractivity contribution is 7.92. The van der Waals surface area contributed by atoms with Crippen LogP contribution in [0.5, 0.6) is 17.2 Å². The van der Waals surface area contributed by atoms with Gasteiger partial charge in [-0.1, -0.05) is 30.4 Å². The van der Waals surface area contributed by atoms with E-state index >= 15 is 0 Å². The van der Waals surface area contributed by atoms with Crippen LogP contribution >= 0.6 is 0 Å². The van der Waals surface area contributed by atoms with Crippen molar-refractivity contribution in [2.45, 2.75) is 11.1 Å². The van der Waals surface area contributed by atoms with Crippen LogP contribution in [-0.2, 0) is 16.2 Å². The number of benzene rings is 3. The predicted octanol–water partition coefficient (Wildman–Crippen LogP) is 5.70. The number of ether oxygens (including phenoxy) is 3. The van der Waals surface area contributed by atoms with E-state index in [4.69, 9.17) is 14.2 Å². The smallest absolute Gasteiger partial charge is 0.416 e. The molecule has 3 aromatic carbocycles. The van der Waals surface area contributed by atoms with Crippen molar-refractivity contribution in [3.05, 3.63) is 77.4 Å². The van der Waals surface area contributed by atoms with Gasteiger partial charge in [-0.2, -0.15) is 13.2 Å². The Morgan fingerprint density at radius 1 is 0.794 bits per heavy atom. The standard InChI is InChI=1S/C24H22F3NO5S/c1-31-21-13-17(14-22(32-2)23(21)33-3)8-7-16-9-11-19(12-10-16)28-34(29,30)20-6-4-5-18(15-20)24(25,26)27/h4-15,28H,1-3H3/b8-7-. The maximum Gasteiger partial charge on any atom is 0.416 e. The summed E-state index contributed by atoms with van der Waals surface area (Å²) < 4.78 is 82.0. The normalized spacial score (nSPS) is 11.9. The van der Waals surface area contributed by atoms with Gasteiger partial charge in [-0.05, 0) is 53.6 Å². The van der Waals surface area contributed by atoms with Gasteiger partial charge < -0.3 is 14.2 Å². The molecule has 1 N–H and O–H groups in total. The molecule has 34 heavy (non-hydrogen) atoms. The van der Waals surface area contributed by atoms with Gasteiger partial charge in [0.05, 0.1) is 31.8 Å². The van der Waals surface area contributed by atoms with Gasteiger partial charge in [-0.15, -0.1) is 0 Å². The minimum absolute atomic E-state index is 0.211. The zero-order valence-corrected chi connectivity index (χ0v) is 19.3. The van der Waals surface area contributed by atoms with E-state index in [-0.39, 0.29) is 5.69 Å². The van der Waals surface area contributed by atoms with Crippen LogP contribution < -0.4 is 18.9 Å². The van der Waals surface area contributed by atoms with Gasteiger partial charge in [0, 0.05) is 5.69 Å². The van der Waals surface area contributed by atoms with E-state index in [1.54, 1.807) is 30.3 Å². The van der Waals surface area contributed by atoms with Crippen LogP contribution in [0.4, 0.5) is 18.9 Å². The number of nitrogens with one attached hydrogen (secondary N) is 1. The number of anilines is 1. The predicted molar refractivity (Wildman–Crippen MR) is 124 cm³/mol. The molecular weight excluding hydrogens is 471 g/mol. The van der Waals surface area contributed by atoms with Crippen LogP contribution in [-0.4, -0.2) is 29.7 Å². The molecule has 0 unspecified atom stereocenters. The van der Waals surface area contributed by atoms with Gasteiger partial charge in [-0.3, -0.25) is 4.72 Å². The van der Waals surface area contributed by atoms with E-state index in [9.17, 15) is 21.6 Å². The Hall–Kier alpha value is -3.66. The maximum atomic E-state index is 12.9. The second-order valence-corrected chi connectivity index (χ2v) is 8.73. The van der Waals surface area contributed by atoms with Gasteiger partial charge in [0.25, 0.3) is 10.0 Å². The lowest BCUT2D eigenvalue weighted by Crippen LogP contribution is -2.14. The van der Waals surface area contributed by atoms with Crippen LogP contribution in [0.3, 0.4) is 0 Å². The monoisotopic (exact) mass is 493 g/mol. The van der Waals surface area contributed by atoms with E-state index in [0.29, 0.717) is 23.3 Å². The van der Waals surface area contributed by atoms with Crippen molar-refractivity contribution in [1.29, 1.82) is 0 Å². The quantitative estimate of drug-likeness (QED) is 0.408. The Kier molecular flexibility index (Phi) is 7.41. The van der Waals surface area contributed by atoms with Crippen molar-refractivity contribution >= 4 is 27.9 Å². The third-order valence-electron chi connectivity index (χ3n) is 4.79. The first kappa shape index (κ1) is 25.0. The summed E-state index contributed by atoms with van der Waals surface area (Å²) in [7, 11) is 0.354. The number of hydrogen-bond donors (Lipinski definition) is 1. The molecular formula is C24H22F3NO5S. The molecule has 0 saturated heterocycles. The van der Waals surface area contributed by atoms with Crippen LogP contribution in [0.25, 0.3) is 12.2 Å². The molecule has 0 fully saturated rings. The lowest BCUT2D eigenvalue weighted by atomic mass is 10.1. The van der Waals surface area contributed by atoms with E-state index in [1.807, 2.05) is 6.08 Å². The van der Waals surface area contributed by atoms with Crippen molar-refractivity contribution < 1.29 is 35.8 Å². The second kappa shape index (κ2) is 10.1. The average molecular weight is 494 g/mol. The van der Waals surface area contributed by atoms with Crippen LogP contribution in [0, 0.1) is 0 Å². The fraction of sp³-hybridized carbons (Fsp3) is 0.167. The van der Waals surface area contributed by atoms with Crippen molar-refractivity contribution in [3.63, 3.8) is 0 Å². The number of halogens is 3. The molecule has 0 amide bonds. The van der Waals surface area contributed by atoms with Crippen molar-refractivity contribution in [1.82, 2.24) is 0 Å². The highest BCUT2D eigenvalue weighted by atomic mass is 32.2. The summed E-state index contributed by atoms with van der Waals surface area (Å²) in [6.07, 6.45) is -1.03. The van der Waals surface area contributed by atoms with Crippen LogP contribution in [0.2, 0.25) is 0 Å². The molecule has 10 heteroatoms. The lowest BCUT2D eigenvalue weighted by molar-refractivity contribution is -0.137. The third kappa shape index (κ3) is 5.82. The molecule has 0 aromatic heterocycles. The Morgan fingerprint density at radius 3 is 1.91 bits per heavy atom. The molecule has 0 spiro atoms. The topological polar surface area (TPSA) is 73.9 Å². The summed E-state index contributed by atoms with van der Waals surface area (Å²) >= 11 is 0. The Morgan fingerprint density at radius 2 is 1.38 bits per heavy atom. The number of methoxy groups -OCH3 is 3. The maximum absolute atomic E-state index is 12.9. The van der Waals surface area contributed by atoms with Crippen molar-refractivity contribution in [2.75, 3.05) is 26.1 Å². The van der Waals surface area contributed by atoms with Crippen molar-refractivity contribution in [3.8, 4) is 17.2 Å². The van der Waals surface area contributed by atoms with Crippen LogP contribution in [0.1, 0.15) is 16.7 Å². The van der Waals surface area contributed by atoms with Crippen molar-refractivity contribution in [2.24, 2.45) is 0 Å². The summed E-state index contributed by atoms with van der Waals surface area (Å²) in [5, 5.41) is 0. The van der Waals surface area contributed by atoms with Gasteiger partial charge in [0.2, 0.25) is 5.75 Å². The van der Waals surface area contributed by atoms with E-state index in [2.05, 4.69) is 4.72 Å². The molecule has 6 nitrogen and oxygen atoms in total. The zero-order valence-electron chi connectivity index (χ0n) is 18.5.